The number of nitrogens with one attached hydrogen (secondary N) is 1. The molecule has 1 N–H and O–H groups in total. The molecule has 8 nitrogen and oxygen atoms in total. The molecule has 0 unspecified atom stereocenters. The molecule has 0 radical (unpaired) electrons. The number of carbonyl (C=O) groups is 2. The summed E-state index contributed by atoms with van der Waals surface area (Å²) in [7, 11) is 1.70. The van der Waals surface area contributed by atoms with E-state index in [1.807, 2.05) is 6.07 Å². The summed E-state index contributed by atoms with van der Waals surface area (Å²) in [5.41, 5.74) is 2.62. The van der Waals surface area contributed by atoms with Gasteiger partial charge in [0.05, 0.1) is 17.9 Å². The van der Waals surface area contributed by atoms with E-state index in [-0.39, 0.29) is 24.0 Å². The van der Waals surface area contributed by atoms with E-state index in [1.165, 1.54) is 6.92 Å². The normalized spacial score (nSPS) is 10.7. The minimum absolute atomic E-state index is 0.0369. The minimum Gasteiger partial charge on any atom is -0.486 e. The van der Waals surface area contributed by atoms with Gasteiger partial charge >= 0.3 is 0 Å². The van der Waals surface area contributed by atoms with Crippen molar-refractivity contribution in [2.24, 2.45) is 0 Å². The highest BCUT2D eigenvalue weighted by molar-refractivity contribution is 5.94. The molecule has 0 aliphatic rings. The third-order valence-corrected chi connectivity index (χ3v) is 4.34. The van der Waals surface area contributed by atoms with Crippen LogP contribution >= 0.6 is 0 Å². The van der Waals surface area contributed by atoms with Gasteiger partial charge in [-0.1, -0.05) is 30.6 Å². The van der Waals surface area contributed by atoms with Crippen molar-refractivity contribution in [2.75, 3.05) is 7.05 Å². The number of nitrogens with zero attached hydrogens (tertiary/aromatic N) is 3. The van der Waals surface area contributed by atoms with E-state index >= 15 is 0 Å². The molecule has 2 aromatic heterocycles. The quantitative estimate of drug-likeness (QED) is 0.556. The molecule has 152 valence electrons. The maximum Gasteiger partial charge on any atom is 0.276 e. The lowest BCUT2D eigenvalue weighted by molar-refractivity contribution is 0.0772. The average molecular weight is 396 g/mol. The van der Waals surface area contributed by atoms with Gasteiger partial charge in [0.25, 0.3) is 5.91 Å². The Labute approximate surface area is 168 Å². The fourth-order valence-corrected chi connectivity index (χ4v) is 2.84. The van der Waals surface area contributed by atoms with E-state index in [0.717, 1.165) is 24.2 Å². The van der Waals surface area contributed by atoms with Gasteiger partial charge in [-0.2, -0.15) is 5.10 Å². The van der Waals surface area contributed by atoms with Crippen molar-refractivity contribution in [3.63, 3.8) is 0 Å². The maximum atomic E-state index is 12.6. The van der Waals surface area contributed by atoms with E-state index in [1.54, 1.807) is 42.3 Å². The number of carbonyl (C=O) groups excluding carboxylic acids is 2. The van der Waals surface area contributed by atoms with Crippen molar-refractivity contribution in [3.8, 4) is 5.75 Å². The predicted octanol–water partition coefficient (Wildman–Crippen LogP) is 3.40. The summed E-state index contributed by atoms with van der Waals surface area (Å²) >= 11 is 0. The zero-order valence-corrected chi connectivity index (χ0v) is 16.8. The van der Waals surface area contributed by atoms with Gasteiger partial charge in [0.1, 0.15) is 12.4 Å². The van der Waals surface area contributed by atoms with Crippen LogP contribution in [0.25, 0.3) is 0 Å². The Hall–Kier alpha value is -3.42. The van der Waals surface area contributed by atoms with Crippen LogP contribution in [-0.4, -0.2) is 39.0 Å². The number of rotatable bonds is 9. The van der Waals surface area contributed by atoms with E-state index < -0.39 is 0 Å². The van der Waals surface area contributed by atoms with E-state index in [0.29, 0.717) is 23.6 Å². The van der Waals surface area contributed by atoms with Gasteiger partial charge in [0.2, 0.25) is 0 Å². The summed E-state index contributed by atoms with van der Waals surface area (Å²) in [5.74, 6) is 0.665. The molecular formula is C21H24N4O4. The summed E-state index contributed by atoms with van der Waals surface area (Å²) < 4.78 is 10.8. The van der Waals surface area contributed by atoms with Gasteiger partial charge in [-0.15, -0.1) is 0 Å². The highest BCUT2D eigenvalue weighted by Crippen LogP contribution is 2.16. The molecule has 8 heteroatoms. The van der Waals surface area contributed by atoms with Crippen molar-refractivity contribution in [2.45, 2.75) is 39.8 Å². The lowest BCUT2D eigenvalue weighted by atomic mass is 10.1. The van der Waals surface area contributed by atoms with Gasteiger partial charge in [0.15, 0.2) is 17.2 Å². The van der Waals surface area contributed by atoms with E-state index in [4.69, 9.17) is 9.26 Å². The molecule has 0 aliphatic carbocycles. The molecule has 1 amide bonds. The highest BCUT2D eigenvalue weighted by atomic mass is 16.5. The molecule has 2 heterocycles. The molecule has 1 aromatic carbocycles. The Morgan fingerprint density at radius 2 is 2.07 bits per heavy atom. The number of benzene rings is 1. The first-order valence-corrected chi connectivity index (χ1v) is 9.44. The predicted molar refractivity (Wildman–Crippen MR) is 106 cm³/mol. The largest absolute Gasteiger partial charge is 0.486 e. The molecule has 0 bridgehead atoms. The van der Waals surface area contributed by atoms with Crippen LogP contribution in [0.4, 0.5) is 0 Å². The molecule has 0 aliphatic heterocycles. The smallest absolute Gasteiger partial charge is 0.276 e. The van der Waals surface area contributed by atoms with Crippen LogP contribution in [0, 0.1) is 0 Å². The van der Waals surface area contributed by atoms with Crippen molar-refractivity contribution in [1.29, 1.82) is 0 Å². The molecule has 0 saturated carbocycles. The van der Waals surface area contributed by atoms with Crippen LogP contribution in [0.1, 0.15) is 58.3 Å². The third-order valence-electron chi connectivity index (χ3n) is 4.34. The zero-order valence-electron chi connectivity index (χ0n) is 16.8. The van der Waals surface area contributed by atoms with Gasteiger partial charge < -0.3 is 14.2 Å². The first kappa shape index (κ1) is 20.3. The molecule has 3 aromatic rings. The maximum absolute atomic E-state index is 12.6. The molecular weight excluding hydrogens is 372 g/mol. The Kier molecular flexibility index (Phi) is 6.43. The van der Waals surface area contributed by atoms with Crippen LogP contribution in [0.2, 0.25) is 0 Å². The minimum atomic E-state index is -0.259. The van der Waals surface area contributed by atoms with Crippen LogP contribution in [0.5, 0.6) is 5.75 Å². The second kappa shape index (κ2) is 9.18. The molecule has 3 rings (SSSR count). The standard InChI is InChI=1S/C21H24N4O4/c1-4-6-16-10-17(23-22-16)12-25(3)21(27)20-11-19(29-24-20)13-28-18-8-5-7-15(9-18)14(2)26/h5,7-11H,4,6,12-13H2,1-3H3,(H,22,23). The summed E-state index contributed by atoms with van der Waals surface area (Å²) in [4.78, 5) is 25.6. The van der Waals surface area contributed by atoms with Crippen LogP contribution in [0.15, 0.2) is 40.9 Å². The van der Waals surface area contributed by atoms with Gasteiger partial charge in [-0.05, 0) is 31.5 Å². The van der Waals surface area contributed by atoms with Crippen molar-refractivity contribution >= 4 is 11.7 Å². The molecule has 0 fully saturated rings. The Morgan fingerprint density at radius 1 is 1.24 bits per heavy atom. The molecule has 0 spiro atoms. The van der Waals surface area contributed by atoms with E-state index in [2.05, 4.69) is 22.3 Å². The van der Waals surface area contributed by atoms with Crippen LogP contribution < -0.4 is 4.74 Å². The van der Waals surface area contributed by atoms with Crippen molar-refractivity contribution < 1.29 is 18.8 Å². The number of Topliss-reactive ketones (excluding diaryl/α,β-unsaturated/α-hetero) is 1. The average Bonchev–Trinajstić information content (AvgIpc) is 3.36. The summed E-state index contributed by atoms with van der Waals surface area (Å²) in [6.45, 7) is 4.09. The summed E-state index contributed by atoms with van der Waals surface area (Å²) in [6, 6.07) is 10.4. The van der Waals surface area contributed by atoms with Gasteiger partial charge in [-0.3, -0.25) is 14.7 Å². The van der Waals surface area contributed by atoms with E-state index in [9.17, 15) is 9.59 Å². The summed E-state index contributed by atoms with van der Waals surface area (Å²) in [6.07, 6.45) is 1.91. The SMILES string of the molecule is CCCc1cc(CN(C)C(=O)c2cc(COc3cccc(C(C)=O)c3)on2)[nH]n1. The number of hydrogen-bond acceptors (Lipinski definition) is 6. The fourth-order valence-electron chi connectivity index (χ4n) is 2.84. The topological polar surface area (TPSA) is 101 Å². The first-order chi connectivity index (χ1) is 14.0. The first-order valence-electron chi connectivity index (χ1n) is 9.44. The number of H-pyrrole nitrogens is 1. The second-order valence-corrected chi connectivity index (χ2v) is 6.85. The van der Waals surface area contributed by atoms with Crippen LogP contribution in [-0.2, 0) is 19.6 Å². The number of ether oxygens (including phenoxy) is 1. The number of aromatic nitrogens is 3. The summed E-state index contributed by atoms with van der Waals surface area (Å²) in [5, 5.41) is 11.0. The van der Waals surface area contributed by atoms with Crippen molar-refractivity contribution in [3.05, 3.63) is 64.8 Å². The lowest BCUT2D eigenvalue weighted by Crippen LogP contribution is -2.26. The highest BCUT2D eigenvalue weighted by Gasteiger charge is 2.18. The fraction of sp³-hybridized carbons (Fsp3) is 0.333. The van der Waals surface area contributed by atoms with Crippen molar-refractivity contribution in [1.82, 2.24) is 20.3 Å². The van der Waals surface area contributed by atoms with Crippen LogP contribution in [0.3, 0.4) is 0 Å². The molecule has 0 atom stereocenters. The number of ketones is 1. The third kappa shape index (κ3) is 5.31. The zero-order chi connectivity index (χ0) is 20.8. The molecule has 29 heavy (non-hydrogen) atoms. The number of hydrogen-bond donors (Lipinski definition) is 1. The number of aromatic amines is 1. The lowest BCUT2D eigenvalue weighted by Gasteiger charge is -2.13. The number of amides is 1. The van der Waals surface area contributed by atoms with Gasteiger partial charge in [-0.25, -0.2) is 0 Å². The molecule has 0 saturated heterocycles. The monoisotopic (exact) mass is 396 g/mol. The Balaban J connectivity index is 1.57. The second-order valence-electron chi connectivity index (χ2n) is 6.85. The van der Waals surface area contributed by atoms with Gasteiger partial charge in [0, 0.05) is 18.7 Å². The Morgan fingerprint density at radius 3 is 2.83 bits per heavy atom. The Bertz CT molecular complexity index is 992. The number of aryl methyl sites for hydroxylation is 1.